The van der Waals surface area contributed by atoms with E-state index in [1.165, 1.54) is 12.1 Å². The van der Waals surface area contributed by atoms with Crippen LogP contribution in [0.1, 0.15) is 40.9 Å². The molecule has 3 aliphatic rings. The van der Waals surface area contributed by atoms with Gasteiger partial charge in [-0.25, -0.2) is 13.5 Å². The number of halogens is 5. The first-order chi connectivity index (χ1) is 16.6. The number of fused-ring (bicyclic) bond motifs is 2. The van der Waals surface area contributed by atoms with Gasteiger partial charge in [-0.15, -0.1) is 0 Å². The van der Waals surface area contributed by atoms with Crippen molar-refractivity contribution in [1.29, 1.82) is 0 Å². The Morgan fingerprint density at radius 2 is 1.97 bits per heavy atom. The second-order valence-corrected chi connectivity index (χ2v) is 9.28. The molecule has 190 valence electrons. The summed E-state index contributed by atoms with van der Waals surface area (Å²) in [6, 6.07) is 4.34. The molecule has 1 aromatic carbocycles. The zero-order valence-corrected chi connectivity index (χ0v) is 18.8. The van der Waals surface area contributed by atoms with Crippen molar-refractivity contribution < 1.29 is 36.2 Å². The molecule has 0 saturated carbocycles. The van der Waals surface area contributed by atoms with Gasteiger partial charge in [-0.2, -0.15) is 18.3 Å². The number of nitrogens with zero attached hydrogens (tertiary/aromatic N) is 3. The lowest BCUT2D eigenvalue weighted by atomic mass is 10.00. The first-order valence-corrected chi connectivity index (χ1v) is 11.5. The van der Waals surface area contributed by atoms with Crippen LogP contribution in [0.2, 0.25) is 0 Å². The smallest absolute Gasteiger partial charge is 0.416 e. The summed E-state index contributed by atoms with van der Waals surface area (Å²) in [4.78, 5) is 14.7. The van der Waals surface area contributed by atoms with Crippen molar-refractivity contribution in [1.82, 2.24) is 20.0 Å². The molecule has 7 nitrogen and oxygen atoms in total. The van der Waals surface area contributed by atoms with E-state index in [0.29, 0.717) is 49.8 Å². The van der Waals surface area contributed by atoms with Crippen LogP contribution in [0.5, 0.6) is 11.6 Å². The Bertz CT molecular complexity index is 1070. The summed E-state index contributed by atoms with van der Waals surface area (Å²) in [5.74, 6) is -2.21. The van der Waals surface area contributed by atoms with Gasteiger partial charge in [-0.3, -0.25) is 4.79 Å². The van der Waals surface area contributed by atoms with Crippen molar-refractivity contribution in [3.63, 3.8) is 0 Å². The second-order valence-electron chi connectivity index (χ2n) is 9.28. The van der Waals surface area contributed by atoms with Crippen molar-refractivity contribution in [2.24, 2.45) is 0 Å². The molecule has 35 heavy (non-hydrogen) atoms. The number of nitrogens with one attached hydrogen (secondary N) is 1. The lowest BCUT2D eigenvalue weighted by Crippen LogP contribution is -2.43. The standard InChI is InChI=1S/C23H25F5N4O3/c24-22(25)4-7-31(8-5-22)6-3-17-12-32-20(35-17)11-18(30-32)21(33)29-16-10-14-9-15(23(26,27)28)1-2-19(14)34-13-16/h1-2,9,11,16-17H,3-8,10,12-13H2,(H,29,33)/t16-,17-/m1/s1. The minimum atomic E-state index is -4.46. The number of amides is 1. The molecular weight excluding hydrogens is 475 g/mol. The van der Waals surface area contributed by atoms with Gasteiger partial charge in [-0.1, -0.05) is 0 Å². The van der Waals surface area contributed by atoms with E-state index in [9.17, 15) is 26.7 Å². The van der Waals surface area contributed by atoms with Gasteiger partial charge in [0.05, 0.1) is 18.2 Å². The van der Waals surface area contributed by atoms with Gasteiger partial charge in [0, 0.05) is 38.5 Å². The molecule has 0 unspecified atom stereocenters. The SMILES string of the molecule is O=C(N[C@H]1COc2ccc(C(F)(F)F)cc2C1)c1cc2n(n1)C[C@@H](CCN1CCC(F)(F)CC1)O2. The number of likely N-dealkylation sites (tertiary alicyclic amines) is 1. The number of hydrogen-bond acceptors (Lipinski definition) is 5. The van der Waals surface area contributed by atoms with E-state index in [1.54, 1.807) is 4.68 Å². The molecule has 0 bridgehead atoms. The Balaban J connectivity index is 1.12. The molecule has 3 aliphatic heterocycles. The lowest BCUT2D eigenvalue weighted by molar-refractivity contribution is -0.137. The Hall–Kier alpha value is -2.89. The predicted molar refractivity (Wildman–Crippen MR) is 114 cm³/mol. The quantitative estimate of drug-likeness (QED) is 0.637. The average Bonchev–Trinajstić information content (AvgIpc) is 3.36. The first-order valence-electron chi connectivity index (χ1n) is 11.5. The van der Waals surface area contributed by atoms with Gasteiger partial charge in [-0.05, 0) is 36.6 Å². The summed E-state index contributed by atoms with van der Waals surface area (Å²) in [5.41, 5.74) is -0.235. The number of carbonyl (C=O) groups excluding carboxylic acids is 1. The van der Waals surface area contributed by atoms with Crippen LogP contribution in [0.15, 0.2) is 24.3 Å². The summed E-state index contributed by atoms with van der Waals surface area (Å²) < 4.78 is 78.6. The molecule has 2 atom stereocenters. The van der Waals surface area contributed by atoms with Gasteiger partial charge in [0.1, 0.15) is 18.5 Å². The van der Waals surface area contributed by atoms with E-state index >= 15 is 0 Å². The molecule has 0 aliphatic carbocycles. The zero-order chi connectivity index (χ0) is 24.8. The number of ether oxygens (including phenoxy) is 2. The predicted octanol–water partition coefficient (Wildman–Crippen LogP) is 3.52. The number of benzene rings is 1. The van der Waals surface area contributed by atoms with E-state index in [0.717, 1.165) is 12.1 Å². The van der Waals surface area contributed by atoms with Gasteiger partial charge in [0.15, 0.2) is 5.69 Å². The Morgan fingerprint density at radius 1 is 1.20 bits per heavy atom. The average molecular weight is 500 g/mol. The largest absolute Gasteiger partial charge is 0.491 e. The Kier molecular flexibility index (Phi) is 6.10. The molecule has 0 spiro atoms. The maximum absolute atomic E-state index is 13.3. The molecule has 0 radical (unpaired) electrons. The van der Waals surface area contributed by atoms with Crippen molar-refractivity contribution in [2.45, 2.75) is 56.5 Å². The zero-order valence-electron chi connectivity index (χ0n) is 18.8. The van der Waals surface area contributed by atoms with Crippen LogP contribution in [-0.2, 0) is 19.1 Å². The summed E-state index contributed by atoms with van der Waals surface area (Å²) in [5, 5.41) is 7.05. The number of aromatic nitrogens is 2. The highest BCUT2D eigenvalue weighted by Crippen LogP contribution is 2.34. The van der Waals surface area contributed by atoms with Crippen molar-refractivity contribution in [3.05, 3.63) is 41.1 Å². The molecule has 1 amide bonds. The third-order valence-corrected chi connectivity index (χ3v) is 6.62. The number of rotatable bonds is 5. The van der Waals surface area contributed by atoms with Crippen LogP contribution in [0.25, 0.3) is 0 Å². The van der Waals surface area contributed by atoms with Crippen LogP contribution in [0, 0.1) is 0 Å². The third kappa shape index (κ3) is 5.36. The van der Waals surface area contributed by atoms with Gasteiger partial charge < -0.3 is 19.7 Å². The maximum Gasteiger partial charge on any atom is 0.416 e. The molecule has 1 aromatic heterocycles. The molecular formula is C23H25F5N4O3. The maximum atomic E-state index is 13.3. The number of carbonyl (C=O) groups is 1. The van der Waals surface area contributed by atoms with E-state index in [-0.39, 0.29) is 37.7 Å². The molecule has 4 heterocycles. The van der Waals surface area contributed by atoms with E-state index in [4.69, 9.17) is 9.47 Å². The van der Waals surface area contributed by atoms with Crippen molar-refractivity contribution >= 4 is 5.91 Å². The highest BCUT2D eigenvalue weighted by Gasteiger charge is 2.35. The summed E-state index contributed by atoms with van der Waals surface area (Å²) in [6.45, 7) is 1.96. The normalized spacial score (nSPS) is 23.7. The van der Waals surface area contributed by atoms with E-state index in [1.807, 2.05) is 4.90 Å². The van der Waals surface area contributed by atoms with Crippen LogP contribution < -0.4 is 14.8 Å². The van der Waals surface area contributed by atoms with Gasteiger partial charge in [0.25, 0.3) is 11.8 Å². The first kappa shape index (κ1) is 23.8. The lowest BCUT2D eigenvalue weighted by Gasteiger charge is -2.32. The van der Waals surface area contributed by atoms with Crippen LogP contribution in [0.4, 0.5) is 22.0 Å². The molecule has 2 aromatic rings. The second kappa shape index (κ2) is 8.96. The molecule has 1 saturated heterocycles. The summed E-state index contributed by atoms with van der Waals surface area (Å²) in [7, 11) is 0. The van der Waals surface area contributed by atoms with Gasteiger partial charge >= 0.3 is 6.18 Å². The minimum Gasteiger partial charge on any atom is -0.491 e. The molecule has 12 heteroatoms. The molecule has 1 N–H and O–H groups in total. The van der Waals surface area contributed by atoms with E-state index in [2.05, 4.69) is 10.4 Å². The third-order valence-electron chi connectivity index (χ3n) is 6.62. The highest BCUT2D eigenvalue weighted by molar-refractivity contribution is 5.92. The summed E-state index contributed by atoms with van der Waals surface area (Å²) in [6.07, 6.45) is -3.99. The minimum absolute atomic E-state index is 0.125. The highest BCUT2D eigenvalue weighted by atomic mass is 19.4. The number of alkyl halides is 5. The summed E-state index contributed by atoms with van der Waals surface area (Å²) >= 11 is 0. The fourth-order valence-corrected chi connectivity index (χ4v) is 4.64. The van der Waals surface area contributed by atoms with Crippen molar-refractivity contribution in [3.8, 4) is 11.6 Å². The fraction of sp³-hybridized carbons (Fsp3) is 0.565. The monoisotopic (exact) mass is 500 g/mol. The topological polar surface area (TPSA) is 68.6 Å². The fourth-order valence-electron chi connectivity index (χ4n) is 4.64. The number of piperidine rings is 1. The van der Waals surface area contributed by atoms with E-state index < -0.39 is 29.6 Å². The van der Waals surface area contributed by atoms with Crippen LogP contribution in [0.3, 0.4) is 0 Å². The molecule has 1 fully saturated rings. The van der Waals surface area contributed by atoms with Gasteiger partial charge in [0.2, 0.25) is 5.88 Å². The Morgan fingerprint density at radius 3 is 2.69 bits per heavy atom. The van der Waals surface area contributed by atoms with Crippen LogP contribution >= 0.6 is 0 Å². The van der Waals surface area contributed by atoms with Crippen LogP contribution in [-0.4, -0.2) is 64.9 Å². The van der Waals surface area contributed by atoms with Crippen molar-refractivity contribution in [2.75, 3.05) is 26.2 Å². The number of hydrogen-bond donors (Lipinski definition) is 1. The Labute approximate surface area is 198 Å². The molecule has 5 rings (SSSR count).